The van der Waals surface area contributed by atoms with Gasteiger partial charge < -0.3 is 4.90 Å². The van der Waals surface area contributed by atoms with E-state index in [0.29, 0.717) is 0 Å². The lowest BCUT2D eigenvalue weighted by Crippen LogP contribution is -2.38. The maximum Gasteiger partial charge on any atom is 0.0223 e. The van der Waals surface area contributed by atoms with Crippen LogP contribution in [0.15, 0.2) is 0 Å². The van der Waals surface area contributed by atoms with Crippen LogP contribution >= 0.6 is 12.6 Å². The van der Waals surface area contributed by atoms with Crippen LogP contribution in [0.4, 0.5) is 0 Å². The lowest BCUT2D eigenvalue weighted by atomic mass is 10.1. The van der Waals surface area contributed by atoms with Gasteiger partial charge in [0.25, 0.3) is 0 Å². The summed E-state index contributed by atoms with van der Waals surface area (Å²) in [6, 6.07) is 0.861. The molecule has 0 aromatic heterocycles. The summed E-state index contributed by atoms with van der Waals surface area (Å²) in [7, 11) is 0. The van der Waals surface area contributed by atoms with E-state index in [1.54, 1.807) is 0 Å². The first kappa shape index (κ1) is 11.7. The van der Waals surface area contributed by atoms with Crippen LogP contribution in [0.1, 0.15) is 26.2 Å². The van der Waals surface area contributed by atoms with Gasteiger partial charge in [0.1, 0.15) is 0 Å². The summed E-state index contributed by atoms with van der Waals surface area (Å²) in [5.74, 6) is 1.76. The molecule has 2 saturated heterocycles. The molecule has 0 aromatic rings. The van der Waals surface area contributed by atoms with Crippen molar-refractivity contribution in [2.24, 2.45) is 5.92 Å². The standard InChI is InChI=1S/C12H24N2S/c1-11(10-15)8-13-5-3-7-14-6-2-4-12(14)9-13/h11-12,15H,2-10H2,1H3. The van der Waals surface area contributed by atoms with Crippen molar-refractivity contribution in [3.8, 4) is 0 Å². The molecule has 2 nitrogen and oxygen atoms in total. The first-order valence-corrected chi connectivity index (χ1v) is 7.00. The second kappa shape index (κ2) is 5.55. The van der Waals surface area contributed by atoms with Crippen LogP contribution in [0.2, 0.25) is 0 Å². The molecule has 3 heteroatoms. The molecule has 0 amide bonds. The molecule has 0 saturated carbocycles. The lowest BCUT2D eigenvalue weighted by Gasteiger charge is -2.27. The fourth-order valence-corrected chi connectivity index (χ4v) is 3.06. The fourth-order valence-electron chi connectivity index (χ4n) is 2.95. The van der Waals surface area contributed by atoms with Gasteiger partial charge >= 0.3 is 0 Å². The quantitative estimate of drug-likeness (QED) is 0.735. The molecule has 2 aliphatic rings. The topological polar surface area (TPSA) is 6.48 Å². The van der Waals surface area contributed by atoms with Crippen molar-refractivity contribution in [2.75, 3.05) is 38.5 Å². The average molecular weight is 228 g/mol. The average Bonchev–Trinajstić information content (AvgIpc) is 2.58. The number of nitrogens with zero attached hydrogens (tertiary/aromatic N) is 2. The Hall–Kier alpha value is 0.270. The van der Waals surface area contributed by atoms with Gasteiger partial charge in [0.15, 0.2) is 0 Å². The van der Waals surface area contributed by atoms with Crippen LogP contribution in [0.5, 0.6) is 0 Å². The molecule has 2 unspecified atom stereocenters. The molecule has 2 atom stereocenters. The Balaban J connectivity index is 1.85. The van der Waals surface area contributed by atoms with Crippen molar-refractivity contribution in [3.63, 3.8) is 0 Å². The van der Waals surface area contributed by atoms with E-state index >= 15 is 0 Å². The van der Waals surface area contributed by atoms with Crippen molar-refractivity contribution < 1.29 is 0 Å². The summed E-state index contributed by atoms with van der Waals surface area (Å²) in [5, 5.41) is 0. The Morgan fingerprint density at radius 2 is 2.07 bits per heavy atom. The molecule has 2 heterocycles. The Bertz CT molecular complexity index is 198. The smallest absolute Gasteiger partial charge is 0.0223 e. The molecule has 2 rings (SSSR count). The van der Waals surface area contributed by atoms with E-state index in [-0.39, 0.29) is 0 Å². The molecule has 0 bridgehead atoms. The molecule has 88 valence electrons. The first-order chi connectivity index (χ1) is 7.29. The molecule has 0 radical (unpaired) electrons. The zero-order valence-corrected chi connectivity index (χ0v) is 10.8. The highest BCUT2D eigenvalue weighted by Gasteiger charge is 2.28. The van der Waals surface area contributed by atoms with Gasteiger partial charge in [-0.05, 0) is 50.6 Å². The van der Waals surface area contributed by atoms with Crippen LogP contribution in [0, 0.1) is 5.92 Å². The van der Waals surface area contributed by atoms with Gasteiger partial charge in [-0.2, -0.15) is 12.6 Å². The summed E-state index contributed by atoms with van der Waals surface area (Å²) in [6.07, 6.45) is 4.20. The van der Waals surface area contributed by atoms with Crippen LogP contribution < -0.4 is 0 Å². The van der Waals surface area contributed by atoms with Crippen molar-refractivity contribution >= 4 is 12.6 Å². The van der Waals surface area contributed by atoms with E-state index in [9.17, 15) is 0 Å². The highest BCUT2D eigenvalue weighted by Crippen LogP contribution is 2.21. The second-order valence-electron chi connectivity index (χ2n) is 5.23. The third-order valence-electron chi connectivity index (χ3n) is 3.77. The van der Waals surface area contributed by atoms with E-state index in [1.165, 1.54) is 52.0 Å². The predicted molar refractivity (Wildman–Crippen MR) is 68.7 cm³/mol. The third kappa shape index (κ3) is 3.11. The van der Waals surface area contributed by atoms with E-state index in [4.69, 9.17) is 0 Å². The minimum absolute atomic E-state index is 0.737. The minimum Gasteiger partial charge on any atom is -0.301 e. The van der Waals surface area contributed by atoms with Gasteiger partial charge in [0.2, 0.25) is 0 Å². The zero-order valence-electron chi connectivity index (χ0n) is 9.86. The number of rotatable bonds is 3. The Morgan fingerprint density at radius 3 is 2.87 bits per heavy atom. The molecule has 0 spiro atoms. The van der Waals surface area contributed by atoms with Crippen LogP contribution in [0.25, 0.3) is 0 Å². The summed E-state index contributed by atoms with van der Waals surface area (Å²) in [6.45, 7) is 8.83. The highest BCUT2D eigenvalue weighted by molar-refractivity contribution is 7.80. The summed E-state index contributed by atoms with van der Waals surface area (Å²) < 4.78 is 0. The van der Waals surface area contributed by atoms with E-state index in [1.807, 2.05) is 0 Å². The van der Waals surface area contributed by atoms with Gasteiger partial charge in [-0.3, -0.25) is 4.90 Å². The van der Waals surface area contributed by atoms with E-state index in [2.05, 4.69) is 29.4 Å². The second-order valence-corrected chi connectivity index (χ2v) is 5.60. The van der Waals surface area contributed by atoms with Gasteiger partial charge in [-0.1, -0.05) is 6.92 Å². The molecular formula is C12H24N2S. The molecule has 2 aliphatic heterocycles. The molecule has 0 N–H and O–H groups in total. The molecule has 0 aromatic carbocycles. The fraction of sp³-hybridized carbons (Fsp3) is 1.00. The number of fused-ring (bicyclic) bond motifs is 1. The van der Waals surface area contributed by atoms with Crippen molar-refractivity contribution in [3.05, 3.63) is 0 Å². The van der Waals surface area contributed by atoms with Crippen LogP contribution in [-0.4, -0.2) is 54.3 Å². The molecular weight excluding hydrogens is 204 g/mol. The van der Waals surface area contributed by atoms with Gasteiger partial charge in [-0.25, -0.2) is 0 Å². The summed E-state index contributed by atoms with van der Waals surface area (Å²) in [4.78, 5) is 5.36. The highest BCUT2D eigenvalue weighted by atomic mass is 32.1. The van der Waals surface area contributed by atoms with Gasteiger partial charge in [-0.15, -0.1) is 0 Å². The molecule has 2 fully saturated rings. The summed E-state index contributed by atoms with van der Waals surface area (Å²) in [5.41, 5.74) is 0. The van der Waals surface area contributed by atoms with Crippen molar-refractivity contribution in [2.45, 2.75) is 32.2 Å². The predicted octanol–water partition coefficient (Wildman–Crippen LogP) is 1.72. The number of thiol groups is 1. The summed E-state index contributed by atoms with van der Waals surface area (Å²) >= 11 is 4.38. The normalized spacial score (nSPS) is 31.2. The lowest BCUT2D eigenvalue weighted by molar-refractivity contribution is 0.207. The number of hydrogen-bond donors (Lipinski definition) is 1. The first-order valence-electron chi connectivity index (χ1n) is 6.37. The molecule has 0 aliphatic carbocycles. The Morgan fingerprint density at radius 1 is 1.27 bits per heavy atom. The maximum absolute atomic E-state index is 4.38. The molecule has 15 heavy (non-hydrogen) atoms. The van der Waals surface area contributed by atoms with Crippen LogP contribution in [0.3, 0.4) is 0 Å². The van der Waals surface area contributed by atoms with E-state index < -0.39 is 0 Å². The zero-order chi connectivity index (χ0) is 10.7. The van der Waals surface area contributed by atoms with E-state index in [0.717, 1.165) is 17.7 Å². The third-order valence-corrected chi connectivity index (χ3v) is 4.39. The maximum atomic E-state index is 4.38. The van der Waals surface area contributed by atoms with Crippen molar-refractivity contribution in [1.82, 2.24) is 9.80 Å². The largest absolute Gasteiger partial charge is 0.301 e. The van der Waals surface area contributed by atoms with Gasteiger partial charge in [0.05, 0.1) is 0 Å². The monoisotopic (exact) mass is 228 g/mol. The van der Waals surface area contributed by atoms with Crippen LogP contribution in [-0.2, 0) is 0 Å². The Kier molecular flexibility index (Phi) is 4.35. The minimum atomic E-state index is 0.737. The van der Waals surface area contributed by atoms with Gasteiger partial charge in [0, 0.05) is 19.1 Å². The SMILES string of the molecule is CC(CS)CN1CCCN2CCCC2C1. The Labute approximate surface area is 99.4 Å². The van der Waals surface area contributed by atoms with Crippen molar-refractivity contribution in [1.29, 1.82) is 0 Å². The number of hydrogen-bond acceptors (Lipinski definition) is 3.